The number of allylic oxidation sites excluding steroid dienone is 1. The fourth-order valence-corrected chi connectivity index (χ4v) is 2.33. The first-order valence-electron chi connectivity index (χ1n) is 6.36. The highest BCUT2D eigenvalue weighted by molar-refractivity contribution is 7.11. The lowest BCUT2D eigenvalue weighted by Gasteiger charge is -2.06. The van der Waals surface area contributed by atoms with Crippen LogP contribution in [0.3, 0.4) is 0 Å². The third-order valence-electron chi connectivity index (χ3n) is 2.72. The Bertz CT molecular complexity index is 765. The molecule has 0 amide bonds. The fourth-order valence-electron chi connectivity index (χ4n) is 1.66. The molecule has 0 saturated carbocycles. The van der Waals surface area contributed by atoms with Crippen LogP contribution >= 0.6 is 11.3 Å². The second-order valence-electron chi connectivity index (χ2n) is 4.54. The molecule has 2 rings (SSSR count). The summed E-state index contributed by atoms with van der Waals surface area (Å²) >= 11 is 0.982. The largest absolute Gasteiger partial charge is 0.504 e. The molecule has 23 heavy (non-hydrogen) atoms. The van der Waals surface area contributed by atoms with Gasteiger partial charge in [-0.15, -0.1) is 16.5 Å². The third-order valence-corrected chi connectivity index (χ3v) is 3.60. The highest BCUT2D eigenvalue weighted by Gasteiger charge is 2.43. The standard InChI is InChI=1S/C15H11F3N2O2S/c1-9-4-2-5-10(8-9)19-20-12(14(22)15(16,17)18)13(21)11-6-3-7-23-11/h2-8,21H,1H3/b13-12-,20-19?. The number of nitrogens with zero attached hydrogens (tertiary/aromatic N) is 2. The molecular weight excluding hydrogens is 329 g/mol. The van der Waals surface area contributed by atoms with Crippen molar-refractivity contribution in [3.63, 3.8) is 0 Å². The summed E-state index contributed by atoms with van der Waals surface area (Å²) in [5, 5.41) is 18.5. The Kier molecular flexibility index (Phi) is 4.95. The average Bonchev–Trinajstić information content (AvgIpc) is 3.00. The summed E-state index contributed by atoms with van der Waals surface area (Å²) in [6.07, 6.45) is -5.16. The Morgan fingerprint density at radius 3 is 2.52 bits per heavy atom. The lowest BCUT2D eigenvalue weighted by atomic mass is 10.2. The molecule has 0 aliphatic rings. The molecule has 0 aliphatic carbocycles. The summed E-state index contributed by atoms with van der Waals surface area (Å²) in [6, 6.07) is 9.45. The van der Waals surface area contributed by atoms with Crippen LogP contribution in [0.4, 0.5) is 18.9 Å². The van der Waals surface area contributed by atoms with Crippen LogP contribution in [-0.4, -0.2) is 17.1 Å². The van der Waals surface area contributed by atoms with Gasteiger partial charge in [0.2, 0.25) is 0 Å². The van der Waals surface area contributed by atoms with Gasteiger partial charge < -0.3 is 5.11 Å². The van der Waals surface area contributed by atoms with Crippen LogP contribution in [0.2, 0.25) is 0 Å². The minimum Gasteiger partial charge on any atom is -0.504 e. The molecule has 0 fully saturated rings. The number of aliphatic hydroxyl groups excluding tert-OH is 1. The number of thiophene rings is 1. The Morgan fingerprint density at radius 2 is 1.96 bits per heavy atom. The van der Waals surface area contributed by atoms with Gasteiger partial charge in [-0.2, -0.15) is 18.3 Å². The number of alkyl halides is 3. The molecule has 0 saturated heterocycles. The van der Waals surface area contributed by atoms with Gasteiger partial charge in [0, 0.05) is 0 Å². The van der Waals surface area contributed by atoms with Gasteiger partial charge in [0.25, 0.3) is 5.78 Å². The third kappa shape index (κ3) is 4.26. The van der Waals surface area contributed by atoms with Crippen molar-refractivity contribution in [3.8, 4) is 0 Å². The van der Waals surface area contributed by atoms with Crippen molar-refractivity contribution in [1.29, 1.82) is 0 Å². The molecule has 0 bridgehead atoms. The molecule has 0 radical (unpaired) electrons. The fraction of sp³-hybridized carbons (Fsp3) is 0.133. The van der Waals surface area contributed by atoms with Crippen molar-refractivity contribution in [2.24, 2.45) is 10.2 Å². The summed E-state index contributed by atoms with van der Waals surface area (Å²) < 4.78 is 38.1. The van der Waals surface area contributed by atoms with E-state index in [9.17, 15) is 23.1 Å². The quantitative estimate of drug-likeness (QED) is 0.472. The van der Waals surface area contributed by atoms with Crippen LogP contribution in [0.1, 0.15) is 10.4 Å². The number of ketones is 1. The van der Waals surface area contributed by atoms with Crippen molar-refractivity contribution < 1.29 is 23.1 Å². The number of halogens is 3. The zero-order valence-electron chi connectivity index (χ0n) is 11.8. The minimum absolute atomic E-state index is 0.0980. The highest BCUT2D eigenvalue weighted by Crippen LogP contribution is 2.29. The average molecular weight is 340 g/mol. The maximum Gasteiger partial charge on any atom is 0.456 e. The predicted octanol–water partition coefficient (Wildman–Crippen LogP) is 5.20. The Hall–Kier alpha value is -2.48. The van der Waals surface area contributed by atoms with Gasteiger partial charge in [-0.25, -0.2) is 0 Å². The van der Waals surface area contributed by atoms with E-state index in [0.29, 0.717) is 0 Å². The van der Waals surface area contributed by atoms with E-state index in [1.54, 1.807) is 30.5 Å². The van der Waals surface area contributed by atoms with E-state index in [1.165, 1.54) is 18.2 Å². The number of azo groups is 1. The summed E-state index contributed by atoms with van der Waals surface area (Å²) in [5.74, 6) is -3.10. The molecule has 0 unspecified atom stereocenters. The molecular formula is C15H11F3N2O2S. The summed E-state index contributed by atoms with van der Waals surface area (Å²) in [5.41, 5.74) is -0.0329. The van der Waals surface area contributed by atoms with Crippen LogP contribution < -0.4 is 0 Å². The molecule has 1 aromatic carbocycles. The van der Waals surface area contributed by atoms with E-state index in [4.69, 9.17) is 0 Å². The maximum absolute atomic E-state index is 12.7. The first-order chi connectivity index (χ1) is 10.8. The smallest absolute Gasteiger partial charge is 0.456 e. The molecule has 0 aliphatic heterocycles. The molecule has 2 aromatic rings. The number of aryl methyl sites for hydroxylation is 1. The summed E-state index contributed by atoms with van der Waals surface area (Å²) in [7, 11) is 0. The van der Waals surface area contributed by atoms with Crippen LogP contribution in [0.15, 0.2) is 57.7 Å². The van der Waals surface area contributed by atoms with Gasteiger partial charge in [-0.3, -0.25) is 4.79 Å². The summed E-state index contributed by atoms with van der Waals surface area (Å²) in [4.78, 5) is 11.6. The van der Waals surface area contributed by atoms with Crippen LogP contribution in [0, 0.1) is 6.92 Å². The molecule has 0 spiro atoms. The topological polar surface area (TPSA) is 62.0 Å². The van der Waals surface area contributed by atoms with Crippen LogP contribution in [0.25, 0.3) is 5.76 Å². The number of carbonyl (C=O) groups excluding carboxylic acids is 1. The number of aliphatic hydroxyl groups is 1. The maximum atomic E-state index is 12.7. The number of carbonyl (C=O) groups is 1. The van der Waals surface area contributed by atoms with E-state index in [1.807, 2.05) is 0 Å². The summed E-state index contributed by atoms with van der Waals surface area (Å²) in [6.45, 7) is 1.78. The number of hydrogen-bond donors (Lipinski definition) is 1. The van der Waals surface area contributed by atoms with Crippen molar-refractivity contribution >= 4 is 28.6 Å². The van der Waals surface area contributed by atoms with E-state index < -0.39 is 23.4 Å². The highest BCUT2D eigenvalue weighted by atomic mass is 32.1. The van der Waals surface area contributed by atoms with Gasteiger partial charge in [0.1, 0.15) is 0 Å². The monoisotopic (exact) mass is 340 g/mol. The van der Waals surface area contributed by atoms with E-state index in [-0.39, 0.29) is 10.6 Å². The van der Waals surface area contributed by atoms with E-state index >= 15 is 0 Å². The minimum atomic E-state index is -5.16. The Balaban J connectivity index is 2.46. The number of rotatable bonds is 4. The first kappa shape index (κ1) is 16.9. The Morgan fingerprint density at radius 1 is 1.22 bits per heavy atom. The molecule has 1 heterocycles. The molecule has 1 N–H and O–H groups in total. The van der Waals surface area contributed by atoms with Crippen molar-refractivity contribution in [2.75, 3.05) is 0 Å². The van der Waals surface area contributed by atoms with Crippen LogP contribution in [0.5, 0.6) is 0 Å². The van der Waals surface area contributed by atoms with E-state index in [2.05, 4.69) is 10.2 Å². The van der Waals surface area contributed by atoms with E-state index in [0.717, 1.165) is 16.9 Å². The molecule has 0 atom stereocenters. The van der Waals surface area contributed by atoms with Gasteiger partial charge in [-0.05, 0) is 36.1 Å². The van der Waals surface area contributed by atoms with Crippen molar-refractivity contribution in [2.45, 2.75) is 13.1 Å². The normalized spacial score (nSPS) is 13.2. The SMILES string of the molecule is Cc1cccc(N=N/C(C(=O)C(F)(F)F)=C(\O)c2cccs2)c1. The first-order valence-corrected chi connectivity index (χ1v) is 7.24. The zero-order valence-corrected chi connectivity index (χ0v) is 12.6. The van der Waals surface area contributed by atoms with Gasteiger partial charge in [0.15, 0.2) is 11.5 Å². The van der Waals surface area contributed by atoms with Crippen LogP contribution in [-0.2, 0) is 4.79 Å². The number of Topliss-reactive ketones (excluding diaryl/α,β-unsaturated/α-hetero) is 1. The lowest BCUT2D eigenvalue weighted by Crippen LogP contribution is -2.24. The second-order valence-corrected chi connectivity index (χ2v) is 5.49. The second kappa shape index (κ2) is 6.74. The lowest BCUT2D eigenvalue weighted by molar-refractivity contribution is -0.166. The van der Waals surface area contributed by atoms with Gasteiger partial charge >= 0.3 is 6.18 Å². The van der Waals surface area contributed by atoms with Gasteiger partial charge in [-0.1, -0.05) is 18.2 Å². The van der Waals surface area contributed by atoms with Gasteiger partial charge in [0.05, 0.1) is 10.6 Å². The van der Waals surface area contributed by atoms with Crippen molar-refractivity contribution in [1.82, 2.24) is 0 Å². The molecule has 8 heteroatoms. The number of benzene rings is 1. The molecule has 120 valence electrons. The molecule has 4 nitrogen and oxygen atoms in total. The van der Waals surface area contributed by atoms with Crippen molar-refractivity contribution in [3.05, 3.63) is 57.9 Å². The number of hydrogen-bond acceptors (Lipinski definition) is 5. The zero-order chi connectivity index (χ0) is 17.0. The predicted molar refractivity (Wildman–Crippen MR) is 80.6 cm³/mol. The molecule has 1 aromatic heterocycles. The Labute approximate surface area is 133 Å².